The Bertz CT molecular complexity index is 1440. The smallest absolute Gasteiger partial charge is 0.339 e. The molecule has 0 aromatic rings. The molecule has 2 amide bonds. The minimum Gasteiger partial charge on any atom is -0.467 e. The normalized spacial score (nSPS) is 40.5. The van der Waals surface area contributed by atoms with Crippen LogP contribution in [0.1, 0.15) is 86.0 Å². The van der Waals surface area contributed by atoms with Crippen LogP contribution in [-0.4, -0.2) is 97.0 Å². The van der Waals surface area contributed by atoms with Gasteiger partial charge in [-0.15, -0.1) is 0 Å². The van der Waals surface area contributed by atoms with E-state index in [4.69, 9.17) is 34.2 Å². The second-order valence-corrected chi connectivity index (χ2v) is 15.3. The van der Waals surface area contributed by atoms with Crippen LogP contribution in [0.25, 0.3) is 0 Å². The number of ketones is 1. The molecule has 16 heteroatoms. The number of esters is 4. The molecule has 51 heavy (non-hydrogen) atoms. The number of nitrogens with two attached hydrogens (primary N) is 1. The number of amides is 2. The Labute approximate surface area is 296 Å². The first-order valence-corrected chi connectivity index (χ1v) is 17.7. The van der Waals surface area contributed by atoms with Gasteiger partial charge in [0.25, 0.3) is 0 Å². The molecule has 284 valence electrons. The molecule has 0 spiro atoms. The summed E-state index contributed by atoms with van der Waals surface area (Å²) < 4.78 is 33.2. The van der Waals surface area contributed by atoms with Crippen LogP contribution in [0.15, 0.2) is 5.10 Å². The molecule has 5 fully saturated rings. The van der Waals surface area contributed by atoms with E-state index < -0.39 is 66.0 Å². The lowest BCUT2D eigenvalue weighted by Gasteiger charge is -2.59. The van der Waals surface area contributed by atoms with Gasteiger partial charge in [-0.25, -0.2) is 15.0 Å². The monoisotopic (exact) mass is 721 g/mol. The Balaban J connectivity index is 1.44. The molecule has 0 radical (unpaired) electrons. The first-order chi connectivity index (χ1) is 24.0. The van der Waals surface area contributed by atoms with Gasteiger partial charge in [0.05, 0.1) is 25.5 Å². The minimum atomic E-state index is -1.65. The maximum Gasteiger partial charge on any atom is 0.339 e. The number of urea groups is 1. The molecule has 13 atom stereocenters. The van der Waals surface area contributed by atoms with Crippen molar-refractivity contribution in [3.63, 3.8) is 0 Å². The molecule has 4 N–H and O–H groups in total. The Hall–Kier alpha value is -3.63. The summed E-state index contributed by atoms with van der Waals surface area (Å²) in [5.74, 6) is -3.07. The largest absolute Gasteiger partial charge is 0.467 e. The van der Waals surface area contributed by atoms with Gasteiger partial charge in [0.2, 0.25) is 0 Å². The Kier molecular flexibility index (Phi) is 11.5. The van der Waals surface area contributed by atoms with Crippen molar-refractivity contribution >= 4 is 41.4 Å². The van der Waals surface area contributed by atoms with Crippen LogP contribution in [0.3, 0.4) is 0 Å². The number of aliphatic hydroxyl groups is 1. The SMILES string of the molecule is COC(=O)[C@@H]1O[C@H](OC/C(=N\NC(N)=O)[C@@H]2CC[C@@H]3[C@@H]4CC[C@@H]5C[C@H](O)CC[C@]5(C)[C@H]4C(=O)C[C@@]32C)[C@@H](OC(C)=O)[C@H](OC(C)=O)[C@H]1OC(C)=O. The van der Waals surface area contributed by atoms with Gasteiger partial charge < -0.3 is 39.3 Å². The van der Waals surface area contributed by atoms with E-state index in [1.807, 2.05) is 0 Å². The van der Waals surface area contributed by atoms with Crippen molar-refractivity contribution in [3.05, 3.63) is 0 Å². The number of carbonyl (C=O) groups excluding carboxylic acids is 6. The lowest BCUT2D eigenvalue weighted by Crippen LogP contribution is -2.64. The van der Waals surface area contributed by atoms with Gasteiger partial charge in [-0.2, -0.15) is 5.10 Å². The lowest BCUT2D eigenvalue weighted by atomic mass is 9.44. The standard InChI is InChI=1S/C35H51N3O13/c1-16(39)48-27-28(49-17(2)40)30(50-18(3)41)32(51-29(27)31(44)46-6)47-15-24(37-38-33(36)45)23-10-9-22-21-8-7-19-13-20(42)11-12-34(19,4)26(21)25(43)14-35(22,23)5/h19-23,26-30,32,42H,7-15H2,1-6H3,(H3,36,38,45)/b37-24+/t19-,20-,21+,22-,23+,26-,27-,28-,29-,30+,32+,34+,35+/m1/s1. The van der Waals surface area contributed by atoms with E-state index in [1.54, 1.807) is 0 Å². The third-order valence-corrected chi connectivity index (χ3v) is 12.3. The maximum atomic E-state index is 14.2. The average Bonchev–Trinajstić information content (AvgIpc) is 3.38. The number of nitrogens with zero attached hydrogens (tertiary/aromatic N) is 1. The highest BCUT2D eigenvalue weighted by Gasteiger charge is 2.64. The number of carbonyl (C=O) groups is 6. The highest BCUT2D eigenvalue weighted by molar-refractivity contribution is 5.92. The number of fused-ring (bicyclic) bond motifs is 5. The zero-order valence-corrected chi connectivity index (χ0v) is 30.1. The number of Topliss-reactive ketones (excluding diaryl/α,β-unsaturated/α-hetero) is 1. The highest BCUT2D eigenvalue weighted by Crippen LogP contribution is 2.66. The van der Waals surface area contributed by atoms with Gasteiger partial charge >= 0.3 is 29.9 Å². The van der Waals surface area contributed by atoms with E-state index in [1.165, 1.54) is 0 Å². The topological polar surface area (TPSA) is 228 Å². The number of nitrogens with one attached hydrogen (secondary N) is 1. The lowest BCUT2D eigenvalue weighted by molar-refractivity contribution is -0.298. The number of primary amides is 1. The van der Waals surface area contributed by atoms with Gasteiger partial charge in [-0.3, -0.25) is 19.2 Å². The fourth-order valence-corrected chi connectivity index (χ4v) is 10.3. The molecular formula is C35H51N3O13. The molecule has 1 saturated heterocycles. The van der Waals surface area contributed by atoms with Crippen LogP contribution in [0, 0.1) is 40.4 Å². The van der Waals surface area contributed by atoms with Crippen LogP contribution in [0.2, 0.25) is 0 Å². The van der Waals surface area contributed by atoms with E-state index in [9.17, 15) is 33.9 Å². The second kappa shape index (κ2) is 15.2. The third kappa shape index (κ3) is 7.63. The molecule has 1 heterocycles. The van der Waals surface area contributed by atoms with Gasteiger partial charge in [0.1, 0.15) is 5.78 Å². The van der Waals surface area contributed by atoms with Crippen molar-refractivity contribution in [2.24, 2.45) is 51.3 Å². The van der Waals surface area contributed by atoms with E-state index >= 15 is 0 Å². The summed E-state index contributed by atoms with van der Waals surface area (Å²) in [6.45, 7) is 7.24. The van der Waals surface area contributed by atoms with Crippen LogP contribution in [0.4, 0.5) is 4.79 Å². The van der Waals surface area contributed by atoms with Crippen molar-refractivity contribution < 1.29 is 62.3 Å². The Morgan fingerprint density at radius 3 is 2.20 bits per heavy atom. The molecule has 0 aromatic heterocycles. The van der Waals surface area contributed by atoms with Gasteiger partial charge in [0, 0.05) is 39.0 Å². The van der Waals surface area contributed by atoms with Crippen LogP contribution in [0.5, 0.6) is 0 Å². The molecule has 5 rings (SSSR count). The summed E-state index contributed by atoms with van der Waals surface area (Å²) in [4.78, 5) is 75.6. The number of aliphatic hydroxyl groups excluding tert-OH is 1. The summed E-state index contributed by atoms with van der Waals surface area (Å²) in [6.07, 6.45) is -2.38. The first-order valence-electron chi connectivity index (χ1n) is 17.7. The fourth-order valence-electron chi connectivity index (χ4n) is 10.3. The molecule has 0 aromatic carbocycles. The number of ether oxygens (including phenoxy) is 6. The molecule has 0 unspecified atom stereocenters. The van der Waals surface area contributed by atoms with Gasteiger partial charge in [0.15, 0.2) is 30.7 Å². The molecule has 4 aliphatic carbocycles. The van der Waals surface area contributed by atoms with E-state index in [0.717, 1.165) is 60.0 Å². The summed E-state index contributed by atoms with van der Waals surface area (Å²) in [6, 6.07) is -0.922. The quantitative estimate of drug-likeness (QED) is 0.134. The van der Waals surface area contributed by atoms with Crippen molar-refractivity contribution in [3.8, 4) is 0 Å². The Morgan fingerprint density at radius 1 is 0.922 bits per heavy atom. The fraction of sp³-hybridized carbons (Fsp3) is 0.800. The van der Waals surface area contributed by atoms with E-state index in [-0.39, 0.29) is 47.6 Å². The average molecular weight is 722 g/mol. The van der Waals surface area contributed by atoms with Crippen LogP contribution < -0.4 is 11.2 Å². The molecule has 4 saturated carbocycles. The molecule has 0 bridgehead atoms. The van der Waals surface area contributed by atoms with Crippen molar-refractivity contribution in [1.29, 1.82) is 0 Å². The number of hydrogen-bond donors (Lipinski definition) is 3. The summed E-state index contributed by atoms with van der Waals surface area (Å²) in [5.41, 5.74) is 7.33. The highest BCUT2D eigenvalue weighted by atomic mass is 16.7. The zero-order valence-electron chi connectivity index (χ0n) is 30.1. The first kappa shape index (κ1) is 38.6. The summed E-state index contributed by atoms with van der Waals surface area (Å²) >= 11 is 0. The van der Waals surface area contributed by atoms with Crippen LogP contribution >= 0.6 is 0 Å². The summed E-state index contributed by atoms with van der Waals surface area (Å²) in [7, 11) is 1.09. The van der Waals surface area contributed by atoms with Crippen molar-refractivity contribution in [1.82, 2.24) is 5.43 Å². The molecule has 16 nitrogen and oxygen atoms in total. The predicted molar refractivity (Wildman–Crippen MR) is 175 cm³/mol. The molecular weight excluding hydrogens is 670 g/mol. The number of methoxy groups -OCH3 is 1. The van der Waals surface area contributed by atoms with Crippen molar-refractivity contribution in [2.75, 3.05) is 13.7 Å². The van der Waals surface area contributed by atoms with E-state index in [0.29, 0.717) is 30.9 Å². The predicted octanol–water partition coefficient (Wildman–Crippen LogP) is 1.92. The van der Waals surface area contributed by atoms with E-state index in [2.05, 4.69) is 24.4 Å². The number of rotatable bonds is 9. The van der Waals surface area contributed by atoms with Gasteiger partial charge in [-0.05, 0) is 73.5 Å². The maximum absolute atomic E-state index is 14.2. The third-order valence-electron chi connectivity index (χ3n) is 12.3. The molecule has 1 aliphatic heterocycles. The van der Waals surface area contributed by atoms with Crippen molar-refractivity contribution in [2.45, 2.75) is 123 Å². The van der Waals surface area contributed by atoms with Gasteiger partial charge in [-0.1, -0.05) is 13.8 Å². The second-order valence-electron chi connectivity index (χ2n) is 15.3. The Morgan fingerprint density at radius 2 is 1.57 bits per heavy atom. The molecule has 5 aliphatic rings. The number of hydrazone groups is 1. The number of hydrogen-bond acceptors (Lipinski definition) is 14. The zero-order chi connectivity index (χ0) is 37.4. The van der Waals surface area contributed by atoms with Crippen LogP contribution in [-0.2, 0) is 52.4 Å². The summed E-state index contributed by atoms with van der Waals surface area (Å²) in [5, 5.41) is 14.8. The minimum absolute atomic E-state index is 0.0975.